The first kappa shape index (κ1) is 27.6. The molecule has 0 saturated carbocycles. The Bertz CT molecular complexity index is 1510. The predicted molar refractivity (Wildman–Crippen MR) is 157 cm³/mol. The molecule has 5 rings (SSSR count). The molecule has 208 valence electrons. The van der Waals surface area contributed by atoms with Gasteiger partial charge >= 0.3 is 5.97 Å². The van der Waals surface area contributed by atoms with Crippen LogP contribution in [0.3, 0.4) is 0 Å². The van der Waals surface area contributed by atoms with Crippen molar-refractivity contribution in [3.05, 3.63) is 114 Å². The van der Waals surface area contributed by atoms with E-state index in [0.717, 1.165) is 35.5 Å². The highest BCUT2D eigenvalue weighted by molar-refractivity contribution is 5.91. The average molecular weight is 549 g/mol. The van der Waals surface area contributed by atoms with E-state index < -0.39 is 5.97 Å². The Labute approximate surface area is 239 Å². The molecule has 7 nitrogen and oxygen atoms in total. The van der Waals surface area contributed by atoms with E-state index in [4.69, 9.17) is 18.6 Å². The highest BCUT2D eigenvalue weighted by atomic mass is 16.5. The molecule has 0 aliphatic heterocycles. The van der Waals surface area contributed by atoms with Gasteiger partial charge in [-0.3, -0.25) is 0 Å². The van der Waals surface area contributed by atoms with Crippen LogP contribution in [0.4, 0.5) is 0 Å². The highest BCUT2D eigenvalue weighted by Gasteiger charge is 2.13. The third-order valence-electron chi connectivity index (χ3n) is 6.44. The largest absolute Gasteiger partial charge is 0.494 e. The Morgan fingerprint density at radius 2 is 1.24 bits per heavy atom. The van der Waals surface area contributed by atoms with Gasteiger partial charge in [-0.2, -0.15) is 0 Å². The number of hydrogen-bond acceptors (Lipinski definition) is 7. The normalized spacial score (nSPS) is 10.8. The van der Waals surface area contributed by atoms with Gasteiger partial charge in [0.2, 0.25) is 11.8 Å². The molecule has 1 heterocycles. The fraction of sp³-hybridized carbons (Fsp3) is 0.206. The molecule has 5 aromatic rings. The molecule has 0 aliphatic carbocycles. The molecule has 0 N–H and O–H groups in total. The number of esters is 1. The van der Waals surface area contributed by atoms with Gasteiger partial charge in [0.1, 0.15) is 23.9 Å². The number of ether oxygens (including phenoxy) is 3. The minimum Gasteiger partial charge on any atom is -0.494 e. The van der Waals surface area contributed by atoms with E-state index in [9.17, 15) is 4.79 Å². The van der Waals surface area contributed by atoms with E-state index in [2.05, 4.69) is 17.1 Å². The summed E-state index contributed by atoms with van der Waals surface area (Å²) in [4.78, 5) is 12.6. The lowest BCUT2D eigenvalue weighted by Crippen LogP contribution is -2.08. The minimum absolute atomic E-state index is 0.368. The molecular formula is C34H32N2O5. The molecule has 0 aliphatic rings. The third kappa shape index (κ3) is 7.82. The Kier molecular flexibility index (Phi) is 9.40. The molecule has 0 saturated heterocycles. The summed E-state index contributed by atoms with van der Waals surface area (Å²) in [5.41, 5.74) is 3.05. The quantitative estimate of drug-likeness (QED) is 0.0834. The number of benzene rings is 4. The van der Waals surface area contributed by atoms with Crippen LogP contribution in [0, 0.1) is 0 Å². The lowest BCUT2D eigenvalue weighted by Gasteiger charge is -2.08. The summed E-state index contributed by atoms with van der Waals surface area (Å²) in [6, 6.07) is 31.5. The van der Waals surface area contributed by atoms with Crippen LogP contribution in [-0.4, -0.2) is 22.8 Å². The van der Waals surface area contributed by atoms with Crippen LogP contribution in [0.15, 0.2) is 108 Å². The van der Waals surface area contributed by atoms with Crippen molar-refractivity contribution in [2.24, 2.45) is 0 Å². The Balaban J connectivity index is 1.13. The van der Waals surface area contributed by atoms with Crippen molar-refractivity contribution in [1.82, 2.24) is 10.2 Å². The molecule has 4 aromatic carbocycles. The molecule has 7 heteroatoms. The zero-order chi connectivity index (χ0) is 28.3. The van der Waals surface area contributed by atoms with Crippen molar-refractivity contribution >= 4 is 5.97 Å². The molecule has 0 radical (unpaired) electrons. The predicted octanol–water partition coefficient (Wildman–Crippen LogP) is 8.16. The monoisotopic (exact) mass is 548 g/mol. The second-order valence-corrected chi connectivity index (χ2v) is 9.56. The van der Waals surface area contributed by atoms with Crippen LogP contribution in [0.5, 0.6) is 17.2 Å². The lowest BCUT2D eigenvalue weighted by atomic mass is 10.2. The summed E-state index contributed by atoms with van der Waals surface area (Å²) in [7, 11) is 0. The number of carbonyl (C=O) groups is 1. The molecule has 0 amide bonds. The van der Waals surface area contributed by atoms with E-state index in [1.54, 1.807) is 48.5 Å². The smallest absolute Gasteiger partial charge is 0.343 e. The van der Waals surface area contributed by atoms with Crippen LogP contribution in [0.25, 0.3) is 22.9 Å². The Morgan fingerprint density at radius 3 is 1.88 bits per heavy atom. The van der Waals surface area contributed by atoms with E-state index in [1.807, 2.05) is 54.6 Å². The maximum Gasteiger partial charge on any atom is 0.343 e. The number of aromatic nitrogens is 2. The van der Waals surface area contributed by atoms with E-state index in [1.165, 1.54) is 12.8 Å². The standard InChI is InChI=1S/C34H32N2O5/c1-2-3-4-8-23-38-29-19-15-28(16-20-29)34(37)40-31-21-13-27(14-22-31)33-36-35-32(41-33)26-11-17-30(18-12-26)39-24-25-9-6-5-7-10-25/h5-7,9-22H,2-4,8,23-24H2,1H3. The van der Waals surface area contributed by atoms with Gasteiger partial charge in [0.15, 0.2) is 0 Å². The first-order valence-corrected chi connectivity index (χ1v) is 13.8. The van der Waals surface area contributed by atoms with Gasteiger partial charge in [0, 0.05) is 11.1 Å². The van der Waals surface area contributed by atoms with Crippen LogP contribution in [-0.2, 0) is 6.61 Å². The van der Waals surface area contributed by atoms with Crippen molar-refractivity contribution in [1.29, 1.82) is 0 Å². The minimum atomic E-state index is -0.441. The van der Waals surface area contributed by atoms with E-state index >= 15 is 0 Å². The second kappa shape index (κ2) is 13.9. The number of carbonyl (C=O) groups excluding carboxylic acids is 1. The van der Waals surface area contributed by atoms with Crippen molar-refractivity contribution in [3.63, 3.8) is 0 Å². The average Bonchev–Trinajstić information content (AvgIpc) is 3.52. The summed E-state index contributed by atoms with van der Waals surface area (Å²) in [6.07, 6.45) is 4.59. The van der Waals surface area contributed by atoms with Gasteiger partial charge in [0.05, 0.1) is 12.2 Å². The summed E-state index contributed by atoms with van der Waals surface area (Å²) >= 11 is 0. The number of nitrogens with zero attached hydrogens (tertiary/aromatic N) is 2. The summed E-state index contributed by atoms with van der Waals surface area (Å²) in [6.45, 7) is 3.35. The van der Waals surface area contributed by atoms with Crippen LogP contribution >= 0.6 is 0 Å². The second-order valence-electron chi connectivity index (χ2n) is 9.56. The van der Waals surface area contributed by atoms with E-state index in [-0.39, 0.29) is 0 Å². The van der Waals surface area contributed by atoms with Crippen LogP contribution in [0.1, 0.15) is 48.5 Å². The highest BCUT2D eigenvalue weighted by Crippen LogP contribution is 2.27. The van der Waals surface area contributed by atoms with Gasteiger partial charge in [-0.15, -0.1) is 10.2 Å². The lowest BCUT2D eigenvalue weighted by molar-refractivity contribution is 0.0734. The molecule has 0 bridgehead atoms. The van der Waals surface area contributed by atoms with Crippen molar-refractivity contribution < 1.29 is 23.4 Å². The maximum atomic E-state index is 12.6. The Morgan fingerprint density at radius 1 is 0.659 bits per heavy atom. The molecule has 41 heavy (non-hydrogen) atoms. The zero-order valence-corrected chi connectivity index (χ0v) is 23.0. The topological polar surface area (TPSA) is 83.7 Å². The molecule has 0 atom stereocenters. The number of rotatable bonds is 13. The molecule has 0 fully saturated rings. The third-order valence-corrected chi connectivity index (χ3v) is 6.44. The maximum absolute atomic E-state index is 12.6. The number of unbranched alkanes of at least 4 members (excludes halogenated alkanes) is 3. The van der Waals surface area contributed by atoms with Gasteiger partial charge in [-0.25, -0.2) is 4.79 Å². The molecule has 1 aromatic heterocycles. The fourth-order valence-electron chi connectivity index (χ4n) is 4.13. The van der Waals surface area contributed by atoms with Crippen molar-refractivity contribution in [2.75, 3.05) is 6.61 Å². The van der Waals surface area contributed by atoms with E-state index in [0.29, 0.717) is 41.9 Å². The summed E-state index contributed by atoms with van der Waals surface area (Å²) in [5.74, 6) is 2.24. The van der Waals surface area contributed by atoms with Crippen molar-refractivity contribution in [2.45, 2.75) is 39.2 Å². The zero-order valence-electron chi connectivity index (χ0n) is 23.0. The van der Waals surface area contributed by atoms with Crippen LogP contribution < -0.4 is 14.2 Å². The summed E-state index contributed by atoms with van der Waals surface area (Å²) in [5, 5.41) is 8.36. The summed E-state index contributed by atoms with van der Waals surface area (Å²) < 4.78 is 23.0. The van der Waals surface area contributed by atoms with Gasteiger partial charge in [-0.1, -0.05) is 56.5 Å². The molecule has 0 unspecified atom stereocenters. The van der Waals surface area contributed by atoms with Crippen molar-refractivity contribution in [3.8, 4) is 40.2 Å². The molecule has 0 spiro atoms. The SMILES string of the molecule is CCCCCCOc1ccc(C(=O)Oc2ccc(-c3nnc(-c4ccc(OCc5ccccc5)cc4)o3)cc2)cc1. The Hall–Kier alpha value is -4.91. The first-order chi connectivity index (χ1) is 20.2. The first-order valence-electron chi connectivity index (χ1n) is 13.8. The van der Waals surface area contributed by atoms with Gasteiger partial charge < -0.3 is 18.6 Å². The molecular weight excluding hydrogens is 516 g/mol. The van der Waals surface area contributed by atoms with Gasteiger partial charge in [0.25, 0.3) is 0 Å². The fourth-order valence-corrected chi connectivity index (χ4v) is 4.13. The van der Waals surface area contributed by atoms with Gasteiger partial charge in [-0.05, 0) is 84.8 Å². The van der Waals surface area contributed by atoms with Crippen LogP contribution in [0.2, 0.25) is 0 Å². The number of hydrogen-bond donors (Lipinski definition) is 0.